The monoisotopic (exact) mass is 580 g/mol. The van der Waals surface area contributed by atoms with Gasteiger partial charge in [0, 0.05) is 24.6 Å². The molecule has 0 radical (unpaired) electrons. The van der Waals surface area contributed by atoms with Crippen LogP contribution in [-0.4, -0.2) is 48.1 Å². The van der Waals surface area contributed by atoms with Gasteiger partial charge in [-0.15, -0.1) is 0 Å². The molecule has 2 aromatic carbocycles. The number of aromatic nitrogens is 2. The molecule has 1 heterocycles. The number of rotatable bonds is 12. The second kappa shape index (κ2) is 11.9. The lowest BCUT2D eigenvalue weighted by atomic mass is 9.88. The predicted molar refractivity (Wildman–Crippen MR) is 156 cm³/mol. The largest absolute Gasteiger partial charge is 0.494 e. The summed E-state index contributed by atoms with van der Waals surface area (Å²) in [5.41, 5.74) is 7.80. The minimum Gasteiger partial charge on any atom is -0.494 e. The van der Waals surface area contributed by atoms with E-state index in [1.807, 2.05) is 32.0 Å². The van der Waals surface area contributed by atoms with Gasteiger partial charge in [0.05, 0.1) is 29.7 Å². The Balaban J connectivity index is 1.24. The van der Waals surface area contributed by atoms with Crippen LogP contribution in [0.3, 0.4) is 0 Å². The molecule has 1 fully saturated rings. The van der Waals surface area contributed by atoms with E-state index in [0.29, 0.717) is 25.2 Å². The van der Waals surface area contributed by atoms with E-state index in [1.165, 1.54) is 6.26 Å². The number of hydrogen-bond donors (Lipinski definition) is 1. The quantitative estimate of drug-likeness (QED) is 0.264. The number of aryl methyl sites for hydroxylation is 3. The van der Waals surface area contributed by atoms with Crippen LogP contribution in [0.25, 0.3) is 11.1 Å². The second-order valence-corrected chi connectivity index (χ2v) is 13.9. The van der Waals surface area contributed by atoms with E-state index in [9.17, 15) is 13.2 Å². The SMILES string of the molecule is Cc1cc(OCCCS(C)(=O)=O)cc(C)c1-c1ccc(F)c2c1CCC2CCCc1cnc(C2C[C@H]2C(=O)O)cn1. The highest BCUT2D eigenvalue weighted by molar-refractivity contribution is 7.90. The van der Waals surface area contributed by atoms with E-state index in [0.717, 1.165) is 76.9 Å². The van der Waals surface area contributed by atoms with E-state index in [4.69, 9.17) is 9.84 Å². The van der Waals surface area contributed by atoms with Gasteiger partial charge in [0.15, 0.2) is 0 Å². The molecule has 2 unspecified atom stereocenters. The van der Waals surface area contributed by atoms with Gasteiger partial charge in [-0.05, 0) is 116 Å². The number of aliphatic carboxylic acids is 1. The Kier molecular flexibility index (Phi) is 8.45. The Morgan fingerprint density at radius 2 is 1.88 bits per heavy atom. The molecule has 1 N–H and O–H groups in total. The maximum Gasteiger partial charge on any atom is 0.307 e. The zero-order valence-corrected chi connectivity index (χ0v) is 24.6. The van der Waals surface area contributed by atoms with Crippen molar-refractivity contribution in [2.75, 3.05) is 18.6 Å². The Labute approximate surface area is 241 Å². The lowest BCUT2D eigenvalue weighted by Crippen LogP contribution is -2.08. The first-order valence-electron chi connectivity index (χ1n) is 14.3. The van der Waals surface area contributed by atoms with Crippen LogP contribution in [0.2, 0.25) is 0 Å². The fraction of sp³-hybridized carbons (Fsp3) is 0.469. The number of benzene rings is 2. The molecular weight excluding hydrogens is 543 g/mol. The molecule has 0 spiro atoms. The fourth-order valence-corrected chi connectivity index (χ4v) is 6.93. The van der Waals surface area contributed by atoms with Gasteiger partial charge in [0.1, 0.15) is 21.4 Å². The third kappa shape index (κ3) is 6.77. The number of carboxylic acids is 1. The molecule has 0 bridgehead atoms. The summed E-state index contributed by atoms with van der Waals surface area (Å²) >= 11 is 0. The molecule has 1 aromatic heterocycles. The van der Waals surface area contributed by atoms with Gasteiger partial charge < -0.3 is 9.84 Å². The summed E-state index contributed by atoms with van der Waals surface area (Å²) in [5, 5.41) is 9.13. The van der Waals surface area contributed by atoms with Crippen LogP contribution in [0.1, 0.15) is 77.6 Å². The molecule has 3 aromatic rings. The van der Waals surface area contributed by atoms with Gasteiger partial charge in [-0.3, -0.25) is 14.8 Å². The van der Waals surface area contributed by atoms with Crippen LogP contribution in [0.4, 0.5) is 4.39 Å². The number of hydrogen-bond acceptors (Lipinski definition) is 6. The minimum atomic E-state index is -3.01. The second-order valence-electron chi connectivity index (χ2n) is 11.6. The zero-order chi connectivity index (χ0) is 29.3. The zero-order valence-electron chi connectivity index (χ0n) is 23.8. The van der Waals surface area contributed by atoms with Crippen LogP contribution >= 0.6 is 0 Å². The molecule has 0 amide bonds. The summed E-state index contributed by atoms with van der Waals surface area (Å²) in [6.45, 7) is 4.40. The Bertz CT molecular complexity index is 1530. The third-order valence-corrected chi connectivity index (χ3v) is 9.39. The topological polar surface area (TPSA) is 106 Å². The molecule has 7 nitrogen and oxygen atoms in total. The van der Waals surface area contributed by atoms with E-state index >= 15 is 4.39 Å². The van der Waals surface area contributed by atoms with Crippen molar-refractivity contribution in [3.05, 3.63) is 76.1 Å². The molecule has 3 atom stereocenters. The maximum absolute atomic E-state index is 15.2. The van der Waals surface area contributed by atoms with Gasteiger partial charge >= 0.3 is 5.97 Å². The van der Waals surface area contributed by atoms with Gasteiger partial charge in [-0.25, -0.2) is 12.8 Å². The molecule has 0 saturated heterocycles. The highest BCUT2D eigenvalue weighted by Gasteiger charge is 2.45. The molecule has 2 aliphatic carbocycles. The molecule has 9 heteroatoms. The van der Waals surface area contributed by atoms with E-state index in [-0.39, 0.29) is 29.3 Å². The van der Waals surface area contributed by atoms with Crippen molar-refractivity contribution in [3.63, 3.8) is 0 Å². The Hall–Kier alpha value is -3.33. The van der Waals surface area contributed by atoms with Crippen LogP contribution in [-0.2, 0) is 27.5 Å². The van der Waals surface area contributed by atoms with Crippen molar-refractivity contribution in [3.8, 4) is 16.9 Å². The van der Waals surface area contributed by atoms with Crippen LogP contribution in [0, 0.1) is 25.6 Å². The average molecular weight is 581 g/mol. The number of halogens is 1. The predicted octanol–water partition coefficient (Wildman–Crippen LogP) is 5.95. The molecule has 218 valence electrons. The van der Waals surface area contributed by atoms with Crippen LogP contribution in [0.15, 0.2) is 36.7 Å². The standard InChI is InChI=1S/C32H37FN2O5S/c1-19-14-23(40-12-5-13-41(3,38)39)15-20(2)30(19)24-10-11-28(33)31-21(8-9-25(24)31)6-4-7-22-17-35-29(18-34-22)26-16-27(26)32(36)37/h10-11,14-15,17-18,21,26-27H,4-9,12-13,16H2,1-3H3,(H,36,37)/t21?,26?,27-/m1/s1. The van der Waals surface area contributed by atoms with E-state index in [1.54, 1.807) is 18.5 Å². The minimum absolute atomic E-state index is 0.0239. The fourth-order valence-electron chi connectivity index (χ4n) is 6.29. The molecular formula is C32H37FN2O5S. The maximum atomic E-state index is 15.2. The van der Waals surface area contributed by atoms with Crippen molar-refractivity contribution < 1.29 is 27.4 Å². The first-order valence-corrected chi connectivity index (χ1v) is 16.3. The highest BCUT2D eigenvalue weighted by atomic mass is 32.2. The van der Waals surface area contributed by atoms with Crippen LogP contribution < -0.4 is 4.74 Å². The molecule has 1 saturated carbocycles. The summed E-state index contributed by atoms with van der Waals surface area (Å²) in [6, 6.07) is 7.43. The van der Waals surface area contributed by atoms with Crippen molar-refractivity contribution in [1.82, 2.24) is 9.97 Å². The van der Waals surface area contributed by atoms with Crippen molar-refractivity contribution in [1.29, 1.82) is 0 Å². The summed E-state index contributed by atoms with van der Waals surface area (Å²) in [6.07, 6.45) is 9.96. The first kappa shape index (κ1) is 29.2. The normalized spacial score (nSPS) is 19.7. The summed E-state index contributed by atoms with van der Waals surface area (Å²) in [5.74, 6) is -0.320. The van der Waals surface area contributed by atoms with Crippen molar-refractivity contribution in [2.24, 2.45) is 5.92 Å². The molecule has 2 aliphatic rings. The lowest BCUT2D eigenvalue weighted by molar-refractivity contribution is -0.138. The van der Waals surface area contributed by atoms with E-state index in [2.05, 4.69) is 9.97 Å². The Morgan fingerprint density at radius 1 is 1.12 bits per heavy atom. The average Bonchev–Trinajstić information content (AvgIpc) is 3.60. The van der Waals surface area contributed by atoms with Gasteiger partial charge in [0.2, 0.25) is 0 Å². The number of nitrogens with zero attached hydrogens (tertiary/aromatic N) is 2. The third-order valence-electron chi connectivity index (χ3n) is 8.36. The summed E-state index contributed by atoms with van der Waals surface area (Å²) < 4.78 is 43.8. The number of carbonyl (C=O) groups is 1. The number of fused-ring (bicyclic) bond motifs is 1. The summed E-state index contributed by atoms with van der Waals surface area (Å²) in [7, 11) is -3.01. The first-order chi connectivity index (χ1) is 19.5. The van der Waals surface area contributed by atoms with Gasteiger partial charge in [-0.1, -0.05) is 6.07 Å². The van der Waals surface area contributed by atoms with Gasteiger partial charge in [0.25, 0.3) is 0 Å². The van der Waals surface area contributed by atoms with Crippen LogP contribution in [0.5, 0.6) is 5.75 Å². The Morgan fingerprint density at radius 3 is 2.51 bits per heavy atom. The van der Waals surface area contributed by atoms with E-state index < -0.39 is 15.8 Å². The molecule has 41 heavy (non-hydrogen) atoms. The van der Waals surface area contributed by atoms with Crippen molar-refractivity contribution in [2.45, 2.75) is 70.6 Å². The summed E-state index contributed by atoms with van der Waals surface area (Å²) in [4.78, 5) is 20.1. The smallest absolute Gasteiger partial charge is 0.307 e. The number of sulfone groups is 1. The number of carboxylic acid groups (broad SMARTS) is 1. The number of ether oxygens (including phenoxy) is 1. The van der Waals surface area contributed by atoms with Crippen molar-refractivity contribution >= 4 is 15.8 Å². The highest BCUT2D eigenvalue weighted by Crippen LogP contribution is 2.47. The lowest BCUT2D eigenvalue weighted by Gasteiger charge is -2.18. The van der Waals surface area contributed by atoms with Gasteiger partial charge in [-0.2, -0.15) is 0 Å². The molecule has 5 rings (SSSR count). The molecule has 0 aliphatic heterocycles.